The van der Waals surface area contributed by atoms with Gasteiger partial charge in [-0.25, -0.2) is 9.78 Å². The zero-order chi connectivity index (χ0) is 16.5. The minimum Gasteiger partial charge on any atom is -0.429 e. The monoisotopic (exact) mass is 329 g/mol. The first kappa shape index (κ1) is 15.9. The van der Waals surface area contributed by atoms with Gasteiger partial charge in [-0.2, -0.15) is 0 Å². The Morgan fingerprint density at radius 1 is 1.45 bits per heavy atom. The molecule has 118 valence electrons. The van der Waals surface area contributed by atoms with Crippen LogP contribution in [-0.4, -0.2) is 36.2 Å². The fraction of sp³-hybridized carbons (Fsp3) is 0.455. The summed E-state index contributed by atoms with van der Waals surface area (Å²) in [5.41, 5.74) is -0.450. The van der Waals surface area contributed by atoms with Crippen molar-refractivity contribution in [2.45, 2.75) is 33.1 Å². The Balaban J connectivity index is 2.22. The van der Waals surface area contributed by atoms with E-state index < -0.39 is 22.6 Å². The number of carbonyl (C=O) groups excluding carboxylic acids is 1. The lowest BCUT2D eigenvalue weighted by molar-refractivity contribution is -0.394. The molecule has 0 saturated heterocycles. The molecule has 2 aromatic rings. The zero-order valence-corrected chi connectivity index (χ0v) is 12.7. The predicted octanol–water partition coefficient (Wildman–Crippen LogP) is 2.30. The van der Waals surface area contributed by atoms with Gasteiger partial charge in [0.2, 0.25) is 10.8 Å². The summed E-state index contributed by atoms with van der Waals surface area (Å²) < 4.78 is 11.1. The van der Waals surface area contributed by atoms with E-state index in [2.05, 4.69) is 15.0 Å². The summed E-state index contributed by atoms with van der Waals surface area (Å²) in [6, 6.07) is 0. The lowest BCUT2D eigenvalue weighted by atomic mass is 10.2. The summed E-state index contributed by atoms with van der Waals surface area (Å²) in [6.07, 6.45) is 0.392. The van der Waals surface area contributed by atoms with Crippen molar-refractivity contribution in [3.05, 3.63) is 21.6 Å². The molecule has 0 aliphatic carbocycles. The van der Waals surface area contributed by atoms with Gasteiger partial charge in [-0.3, -0.25) is 4.57 Å². The molecule has 0 N–H and O–H groups in total. The number of carbonyl (C=O) groups is 1. The standard InChI is InChI=1S/C11H12ClN5O5/c1-11(2,3)22-10(18)21-5-16-4-13-6-7(12)14-9(17(19)20)15-8(6)16/h4H,5H2,1-3H3. The molecule has 2 rings (SSSR count). The van der Waals surface area contributed by atoms with Gasteiger partial charge in [0.25, 0.3) is 0 Å². The molecular weight excluding hydrogens is 318 g/mol. The maximum atomic E-state index is 11.5. The van der Waals surface area contributed by atoms with E-state index in [9.17, 15) is 14.9 Å². The van der Waals surface area contributed by atoms with E-state index in [-0.39, 0.29) is 23.0 Å². The van der Waals surface area contributed by atoms with E-state index in [1.54, 1.807) is 20.8 Å². The second kappa shape index (κ2) is 5.72. The Kier molecular flexibility index (Phi) is 4.13. The number of aromatic nitrogens is 4. The van der Waals surface area contributed by atoms with Crippen LogP contribution in [0.15, 0.2) is 6.33 Å². The molecule has 0 aliphatic heterocycles. The number of imidazole rings is 1. The van der Waals surface area contributed by atoms with Crippen molar-refractivity contribution >= 4 is 34.9 Å². The van der Waals surface area contributed by atoms with Crippen LogP contribution < -0.4 is 0 Å². The van der Waals surface area contributed by atoms with Crippen LogP contribution >= 0.6 is 11.6 Å². The van der Waals surface area contributed by atoms with Gasteiger partial charge in [-0.1, -0.05) is 4.98 Å². The molecule has 0 unspecified atom stereocenters. The number of nitro groups is 1. The van der Waals surface area contributed by atoms with Crippen molar-refractivity contribution in [1.82, 2.24) is 19.5 Å². The summed E-state index contributed by atoms with van der Waals surface area (Å²) in [5, 5.41) is 10.6. The zero-order valence-electron chi connectivity index (χ0n) is 11.9. The van der Waals surface area contributed by atoms with Crippen LogP contribution in [0.5, 0.6) is 0 Å². The van der Waals surface area contributed by atoms with Gasteiger partial charge < -0.3 is 19.6 Å². The van der Waals surface area contributed by atoms with Gasteiger partial charge in [-0.05, 0) is 42.3 Å². The van der Waals surface area contributed by atoms with Crippen LogP contribution in [0.25, 0.3) is 11.2 Å². The Labute approximate surface area is 129 Å². The van der Waals surface area contributed by atoms with Crippen molar-refractivity contribution in [2.24, 2.45) is 0 Å². The van der Waals surface area contributed by atoms with Gasteiger partial charge in [-0.15, -0.1) is 0 Å². The summed E-state index contributed by atoms with van der Waals surface area (Å²) in [7, 11) is 0. The fourth-order valence-electron chi connectivity index (χ4n) is 1.48. The quantitative estimate of drug-likeness (QED) is 0.364. The van der Waals surface area contributed by atoms with Gasteiger partial charge in [0, 0.05) is 0 Å². The fourth-order valence-corrected chi connectivity index (χ4v) is 1.69. The molecule has 2 heterocycles. The van der Waals surface area contributed by atoms with Gasteiger partial charge in [0.05, 0.1) is 0 Å². The number of hydrogen-bond donors (Lipinski definition) is 0. The van der Waals surface area contributed by atoms with Crippen molar-refractivity contribution in [1.29, 1.82) is 0 Å². The molecule has 10 nitrogen and oxygen atoms in total. The minimum atomic E-state index is -0.885. The second-order valence-corrected chi connectivity index (χ2v) is 5.55. The lowest BCUT2D eigenvalue weighted by Gasteiger charge is -2.18. The second-order valence-electron chi connectivity index (χ2n) is 5.20. The number of nitrogens with zero attached hydrogens (tertiary/aromatic N) is 5. The Morgan fingerprint density at radius 3 is 2.73 bits per heavy atom. The third kappa shape index (κ3) is 3.58. The average Bonchev–Trinajstić information content (AvgIpc) is 2.77. The molecule has 0 bridgehead atoms. The summed E-state index contributed by atoms with van der Waals surface area (Å²) in [6.45, 7) is 4.79. The van der Waals surface area contributed by atoms with Crippen LogP contribution in [0.1, 0.15) is 20.8 Å². The SMILES string of the molecule is CC(C)(C)OC(=O)OCn1cnc2c(Cl)nc([N+](=O)[O-])nc21. The molecule has 22 heavy (non-hydrogen) atoms. The number of rotatable bonds is 3. The van der Waals surface area contributed by atoms with Crippen molar-refractivity contribution in [3.8, 4) is 0 Å². The maximum Gasteiger partial charge on any atom is 0.510 e. The van der Waals surface area contributed by atoms with Crippen LogP contribution in [0.2, 0.25) is 5.15 Å². The Hall–Kier alpha value is -2.49. The third-order valence-corrected chi connectivity index (χ3v) is 2.55. The largest absolute Gasteiger partial charge is 0.510 e. The van der Waals surface area contributed by atoms with Crippen molar-refractivity contribution < 1.29 is 19.2 Å². The van der Waals surface area contributed by atoms with E-state index in [1.807, 2.05) is 0 Å². The van der Waals surface area contributed by atoms with Gasteiger partial charge >= 0.3 is 12.1 Å². The number of ether oxygens (including phenoxy) is 2. The predicted molar refractivity (Wildman–Crippen MR) is 74.3 cm³/mol. The van der Waals surface area contributed by atoms with Crippen molar-refractivity contribution in [3.63, 3.8) is 0 Å². The molecule has 2 aromatic heterocycles. The average molecular weight is 330 g/mol. The summed E-state index contributed by atoms with van der Waals surface area (Å²) >= 11 is 5.81. The maximum absolute atomic E-state index is 11.5. The minimum absolute atomic E-state index is 0.0789. The molecule has 11 heteroatoms. The van der Waals surface area contributed by atoms with Gasteiger partial charge in [0.15, 0.2) is 12.2 Å². The highest BCUT2D eigenvalue weighted by Crippen LogP contribution is 2.21. The molecule has 0 saturated carbocycles. The van der Waals surface area contributed by atoms with Gasteiger partial charge in [0.1, 0.15) is 11.9 Å². The van der Waals surface area contributed by atoms with Crippen LogP contribution in [0.3, 0.4) is 0 Å². The van der Waals surface area contributed by atoms with Crippen LogP contribution in [-0.2, 0) is 16.2 Å². The summed E-state index contributed by atoms with van der Waals surface area (Å²) in [4.78, 5) is 32.6. The van der Waals surface area contributed by atoms with Crippen LogP contribution in [0.4, 0.5) is 10.7 Å². The lowest BCUT2D eigenvalue weighted by Crippen LogP contribution is -2.25. The highest BCUT2D eigenvalue weighted by atomic mass is 35.5. The Morgan fingerprint density at radius 2 is 2.14 bits per heavy atom. The first-order chi connectivity index (χ1) is 10.2. The first-order valence-corrected chi connectivity index (χ1v) is 6.44. The molecule has 0 radical (unpaired) electrons. The normalized spacial score (nSPS) is 11.5. The molecule has 0 atom stereocenters. The number of fused-ring (bicyclic) bond motifs is 1. The number of hydrogen-bond acceptors (Lipinski definition) is 8. The smallest absolute Gasteiger partial charge is 0.429 e. The topological polar surface area (TPSA) is 122 Å². The summed E-state index contributed by atoms with van der Waals surface area (Å²) in [5.74, 6) is -0.670. The molecule has 0 aliphatic rings. The number of halogens is 1. The van der Waals surface area contributed by atoms with E-state index in [0.717, 1.165) is 0 Å². The molecule has 0 spiro atoms. The van der Waals surface area contributed by atoms with E-state index in [1.165, 1.54) is 10.9 Å². The molecule has 0 fully saturated rings. The molecule has 0 amide bonds. The highest BCUT2D eigenvalue weighted by Gasteiger charge is 2.22. The van der Waals surface area contributed by atoms with E-state index in [0.29, 0.717) is 0 Å². The van der Waals surface area contributed by atoms with E-state index >= 15 is 0 Å². The first-order valence-electron chi connectivity index (χ1n) is 6.06. The van der Waals surface area contributed by atoms with Crippen LogP contribution in [0, 0.1) is 10.1 Å². The Bertz CT molecular complexity index is 738. The molecule has 0 aromatic carbocycles. The third-order valence-electron chi connectivity index (χ3n) is 2.28. The van der Waals surface area contributed by atoms with Crippen molar-refractivity contribution in [2.75, 3.05) is 0 Å². The highest BCUT2D eigenvalue weighted by molar-refractivity contribution is 6.33. The molecular formula is C11H12ClN5O5. The van der Waals surface area contributed by atoms with E-state index in [4.69, 9.17) is 21.1 Å².